The number of hydrogen-bond donors (Lipinski definition) is 2. The number of fused-ring (bicyclic) bond motifs is 1. The third-order valence-electron chi connectivity index (χ3n) is 3.47. The largest absolute Gasteiger partial charge is 0.465 e. The molecule has 2 N–H and O–H groups in total. The SMILES string of the molecule is C[Si](C)(C)CCOCn1c(CCNC(=O)O)nc2cc(Br)cnc21. The number of amides is 1. The van der Waals surface area contributed by atoms with Gasteiger partial charge in [0.2, 0.25) is 0 Å². The number of ether oxygens (including phenoxy) is 1. The summed E-state index contributed by atoms with van der Waals surface area (Å²) in [5, 5.41) is 11.1. The van der Waals surface area contributed by atoms with E-state index in [-0.39, 0.29) is 0 Å². The maximum absolute atomic E-state index is 10.6. The van der Waals surface area contributed by atoms with Crippen molar-refractivity contribution in [2.45, 2.75) is 38.8 Å². The lowest BCUT2D eigenvalue weighted by atomic mass is 10.4. The monoisotopic (exact) mass is 414 g/mol. The second-order valence-corrected chi connectivity index (χ2v) is 13.3. The molecule has 2 aromatic heterocycles. The molecule has 2 rings (SSSR count). The van der Waals surface area contributed by atoms with Crippen molar-refractivity contribution in [2.24, 2.45) is 0 Å². The van der Waals surface area contributed by atoms with Crippen molar-refractivity contribution >= 4 is 41.3 Å². The second-order valence-electron chi connectivity index (χ2n) is 6.78. The Balaban J connectivity index is 2.12. The third-order valence-corrected chi connectivity index (χ3v) is 5.61. The summed E-state index contributed by atoms with van der Waals surface area (Å²) in [7, 11) is -1.13. The number of nitrogens with zero attached hydrogens (tertiary/aromatic N) is 3. The van der Waals surface area contributed by atoms with Gasteiger partial charge in [-0.15, -0.1) is 0 Å². The summed E-state index contributed by atoms with van der Waals surface area (Å²) in [5.74, 6) is 0.761. The molecule has 2 heterocycles. The van der Waals surface area contributed by atoms with Crippen LogP contribution in [0.1, 0.15) is 5.82 Å². The van der Waals surface area contributed by atoms with E-state index in [2.05, 4.69) is 50.9 Å². The number of hydrogen-bond acceptors (Lipinski definition) is 4. The highest BCUT2D eigenvalue weighted by Crippen LogP contribution is 2.19. The fourth-order valence-electron chi connectivity index (χ4n) is 2.18. The molecule has 0 atom stereocenters. The van der Waals surface area contributed by atoms with Crippen LogP contribution in [0.4, 0.5) is 4.79 Å². The molecule has 0 spiro atoms. The van der Waals surface area contributed by atoms with Gasteiger partial charge in [-0.05, 0) is 28.0 Å². The van der Waals surface area contributed by atoms with E-state index in [1.54, 1.807) is 6.20 Å². The molecule has 0 radical (unpaired) electrons. The highest BCUT2D eigenvalue weighted by Gasteiger charge is 2.15. The smallest absolute Gasteiger partial charge is 0.404 e. The van der Waals surface area contributed by atoms with E-state index < -0.39 is 14.2 Å². The number of pyridine rings is 1. The van der Waals surface area contributed by atoms with Crippen molar-refractivity contribution in [3.05, 3.63) is 22.6 Å². The standard InChI is InChI=1S/C15H23BrN4O3Si/c1-24(2,3)7-6-23-10-20-13(4-5-17-15(21)22)19-12-8-11(16)9-18-14(12)20/h8-9,17H,4-7,10H2,1-3H3,(H,21,22). The number of rotatable bonds is 8. The van der Waals surface area contributed by atoms with Gasteiger partial charge in [0, 0.05) is 38.3 Å². The molecule has 0 aliphatic rings. The molecule has 0 unspecified atom stereocenters. The van der Waals surface area contributed by atoms with Gasteiger partial charge in [0.25, 0.3) is 0 Å². The molecule has 1 amide bonds. The van der Waals surface area contributed by atoms with Crippen LogP contribution in [0.25, 0.3) is 11.2 Å². The Kier molecular flexibility index (Phi) is 6.36. The first kappa shape index (κ1) is 18.9. The number of carbonyl (C=O) groups is 1. The van der Waals surface area contributed by atoms with Crippen molar-refractivity contribution in [3.8, 4) is 0 Å². The summed E-state index contributed by atoms with van der Waals surface area (Å²) >= 11 is 3.40. The molecule has 0 aromatic carbocycles. The lowest BCUT2D eigenvalue weighted by Gasteiger charge is -2.16. The quantitative estimate of drug-likeness (QED) is 0.510. The Bertz CT molecular complexity index is 715. The normalized spacial score (nSPS) is 11.8. The summed E-state index contributed by atoms with van der Waals surface area (Å²) < 4.78 is 8.60. The average Bonchev–Trinajstić information content (AvgIpc) is 2.79. The van der Waals surface area contributed by atoms with Gasteiger partial charge in [0.05, 0.1) is 0 Å². The van der Waals surface area contributed by atoms with Crippen LogP contribution in [0.2, 0.25) is 25.7 Å². The van der Waals surface area contributed by atoms with Crippen molar-refractivity contribution in [3.63, 3.8) is 0 Å². The fraction of sp³-hybridized carbons (Fsp3) is 0.533. The number of aromatic nitrogens is 3. The van der Waals surface area contributed by atoms with Crippen molar-refractivity contribution in [1.29, 1.82) is 0 Å². The van der Waals surface area contributed by atoms with E-state index in [1.165, 1.54) is 0 Å². The Morgan fingerprint density at radius 1 is 1.46 bits per heavy atom. The maximum Gasteiger partial charge on any atom is 0.404 e. The first-order chi connectivity index (χ1) is 11.3. The molecule has 0 aliphatic heterocycles. The second kappa shape index (κ2) is 8.08. The third kappa shape index (κ3) is 5.57. The predicted octanol–water partition coefficient (Wildman–Crippen LogP) is 3.32. The minimum absolute atomic E-state index is 0.300. The minimum Gasteiger partial charge on any atom is -0.465 e. The van der Waals surface area contributed by atoms with Crippen LogP contribution in [0, 0.1) is 0 Å². The predicted molar refractivity (Wildman–Crippen MR) is 99.1 cm³/mol. The molecule has 0 saturated heterocycles. The summed E-state index contributed by atoms with van der Waals surface area (Å²) in [6, 6.07) is 2.99. The van der Waals surface area contributed by atoms with Crippen LogP contribution in [0.5, 0.6) is 0 Å². The fourth-order valence-corrected chi connectivity index (χ4v) is 3.25. The topological polar surface area (TPSA) is 89.3 Å². The highest BCUT2D eigenvalue weighted by molar-refractivity contribution is 9.10. The molecule has 2 aromatic rings. The first-order valence-electron chi connectivity index (χ1n) is 7.81. The van der Waals surface area contributed by atoms with Gasteiger partial charge in [-0.3, -0.25) is 4.57 Å². The Morgan fingerprint density at radius 2 is 2.21 bits per heavy atom. The Morgan fingerprint density at radius 3 is 2.88 bits per heavy atom. The van der Waals surface area contributed by atoms with Gasteiger partial charge in [-0.1, -0.05) is 19.6 Å². The van der Waals surface area contributed by atoms with E-state index in [9.17, 15) is 4.79 Å². The molecule has 0 aliphatic carbocycles. The summed E-state index contributed by atoms with van der Waals surface area (Å²) in [6.45, 7) is 8.31. The molecule has 7 nitrogen and oxygen atoms in total. The summed E-state index contributed by atoms with van der Waals surface area (Å²) in [6.07, 6.45) is 1.17. The van der Waals surface area contributed by atoms with Crippen molar-refractivity contribution in [1.82, 2.24) is 19.9 Å². The lowest BCUT2D eigenvalue weighted by Crippen LogP contribution is -2.25. The van der Waals surface area contributed by atoms with Gasteiger partial charge in [0.15, 0.2) is 5.65 Å². The van der Waals surface area contributed by atoms with Crippen LogP contribution in [-0.4, -0.2) is 47.0 Å². The molecule has 0 fully saturated rings. The zero-order valence-corrected chi connectivity index (χ0v) is 16.8. The van der Waals surface area contributed by atoms with Gasteiger partial charge < -0.3 is 15.2 Å². The molecule has 24 heavy (non-hydrogen) atoms. The van der Waals surface area contributed by atoms with Crippen LogP contribution in [0.15, 0.2) is 16.7 Å². The molecular weight excluding hydrogens is 392 g/mol. The van der Waals surface area contributed by atoms with Crippen LogP contribution in [0.3, 0.4) is 0 Å². The van der Waals surface area contributed by atoms with Crippen LogP contribution in [-0.2, 0) is 17.9 Å². The Labute approximate surface area is 150 Å². The number of imidazole rings is 1. The maximum atomic E-state index is 10.6. The number of halogens is 1. The van der Waals surface area contributed by atoms with Gasteiger partial charge >= 0.3 is 6.09 Å². The highest BCUT2D eigenvalue weighted by atomic mass is 79.9. The van der Waals surface area contributed by atoms with Crippen molar-refractivity contribution in [2.75, 3.05) is 13.2 Å². The first-order valence-corrected chi connectivity index (χ1v) is 12.3. The molecular formula is C15H23BrN4O3Si. The van der Waals surface area contributed by atoms with E-state index >= 15 is 0 Å². The van der Waals surface area contributed by atoms with E-state index in [4.69, 9.17) is 9.84 Å². The number of nitrogens with one attached hydrogen (secondary N) is 1. The molecule has 0 saturated carbocycles. The van der Waals surface area contributed by atoms with Gasteiger partial charge in [0.1, 0.15) is 18.1 Å². The van der Waals surface area contributed by atoms with Crippen LogP contribution < -0.4 is 5.32 Å². The molecule has 0 bridgehead atoms. The molecule has 132 valence electrons. The van der Waals surface area contributed by atoms with E-state index in [1.807, 2.05) is 10.6 Å². The Hall–Kier alpha value is -1.45. The van der Waals surface area contributed by atoms with E-state index in [0.717, 1.165) is 27.5 Å². The van der Waals surface area contributed by atoms with Gasteiger partial charge in [-0.2, -0.15) is 0 Å². The summed E-state index contributed by atoms with van der Waals surface area (Å²) in [4.78, 5) is 19.6. The summed E-state index contributed by atoms with van der Waals surface area (Å²) in [5.41, 5.74) is 1.51. The number of carboxylic acid groups (broad SMARTS) is 1. The minimum atomic E-state index is -1.13. The average molecular weight is 415 g/mol. The molecule has 9 heteroatoms. The van der Waals surface area contributed by atoms with Gasteiger partial charge in [-0.25, -0.2) is 14.8 Å². The van der Waals surface area contributed by atoms with Crippen molar-refractivity contribution < 1.29 is 14.6 Å². The van der Waals surface area contributed by atoms with Crippen LogP contribution >= 0.6 is 15.9 Å². The zero-order valence-electron chi connectivity index (χ0n) is 14.2. The zero-order chi connectivity index (χ0) is 17.7. The lowest BCUT2D eigenvalue weighted by molar-refractivity contribution is 0.0875. The van der Waals surface area contributed by atoms with E-state index in [0.29, 0.717) is 26.3 Å².